The summed E-state index contributed by atoms with van der Waals surface area (Å²) in [4.78, 5) is 14.2. The van der Waals surface area contributed by atoms with Crippen LogP contribution in [-0.4, -0.2) is 41.2 Å². The van der Waals surface area contributed by atoms with E-state index in [4.69, 9.17) is 0 Å². The van der Waals surface area contributed by atoms with E-state index in [0.717, 1.165) is 27.4 Å². The standard InChI is InChI=1S/C19H25N3O3S/c1-15-6-5-7-16(12-15)13-20-19(23)14-22(26(4,24)25)18-10-8-17(9-11-18)21(2)3/h5-12H,13-14H2,1-4H3,(H,20,23). The van der Waals surface area contributed by atoms with Crippen molar-refractivity contribution in [1.82, 2.24) is 5.32 Å². The van der Waals surface area contributed by atoms with Crippen molar-refractivity contribution >= 4 is 27.3 Å². The molecule has 6 nitrogen and oxygen atoms in total. The first-order valence-electron chi connectivity index (χ1n) is 8.24. The Bertz CT molecular complexity index is 862. The molecule has 26 heavy (non-hydrogen) atoms. The number of carbonyl (C=O) groups is 1. The number of hydrogen-bond acceptors (Lipinski definition) is 4. The van der Waals surface area contributed by atoms with Gasteiger partial charge in [0, 0.05) is 26.3 Å². The molecule has 0 fully saturated rings. The third-order valence-corrected chi connectivity index (χ3v) is 5.05. The highest BCUT2D eigenvalue weighted by Crippen LogP contribution is 2.21. The summed E-state index contributed by atoms with van der Waals surface area (Å²) in [5.41, 5.74) is 3.49. The van der Waals surface area contributed by atoms with E-state index in [9.17, 15) is 13.2 Å². The summed E-state index contributed by atoms with van der Waals surface area (Å²) in [7, 11) is 0.233. The van der Waals surface area contributed by atoms with Gasteiger partial charge in [0.05, 0.1) is 11.9 Å². The minimum atomic E-state index is -3.58. The monoisotopic (exact) mass is 375 g/mol. The summed E-state index contributed by atoms with van der Waals surface area (Å²) in [6.45, 7) is 2.08. The number of aryl methyl sites for hydroxylation is 1. The molecule has 7 heteroatoms. The molecule has 0 saturated carbocycles. The van der Waals surface area contributed by atoms with Gasteiger partial charge in [-0.15, -0.1) is 0 Å². The van der Waals surface area contributed by atoms with E-state index in [2.05, 4.69) is 5.32 Å². The van der Waals surface area contributed by atoms with E-state index in [1.807, 2.05) is 62.3 Å². The van der Waals surface area contributed by atoms with Crippen molar-refractivity contribution in [3.8, 4) is 0 Å². The Balaban J connectivity index is 2.09. The van der Waals surface area contributed by atoms with E-state index >= 15 is 0 Å². The minimum Gasteiger partial charge on any atom is -0.378 e. The molecular formula is C19H25N3O3S. The molecule has 2 aromatic carbocycles. The summed E-state index contributed by atoms with van der Waals surface area (Å²) in [5, 5.41) is 2.77. The summed E-state index contributed by atoms with van der Waals surface area (Å²) >= 11 is 0. The number of anilines is 2. The van der Waals surface area contributed by atoms with E-state index in [1.165, 1.54) is 0 Å². The number of sulfonamides is 1. The lowest BCUT2D eigenvalue weighted by atomic mass is 10.1. The minimum absolute atomic E-state index is 0.258. The first-order valence-corrected chi connectivity index (χ1v) is 10.1. The van der Waals surface area contributed by atoms with Crippen LogP contribution < -0.4 is 14.5 Å². The smallest absolute Gasteiger partial charge is 0.241 e. The van der Waals surface area contributed by atoms with Gasteiger partial charge >= 0.3 is 0 Å². The molecule has 2 aromatic rings. The molecular weight excluding hydrogens is 350 g/mol. The molecule has 2 rings (SSSR count). The number of hydrogen-bond donors (Lipinski definition) is 1. The van der Waals surface area contributed by atoms with Gasteiger partial charge in [0.25, 0.3) is 0 Å². The lowest BCUT2D eigenvalue weighted by Gasteiger charge is -2.23. The zero-order valence-electron chi connectivity index (χ0n) is 15.6. The van der Waals surface area contributed by atoms with Crippen molar-refractivity contribution in [3.63, 3.8) is 0 Å². The van der Waals surface area contributed by atoms with Crippen LogP contribution in [0.5, 0.6) is 0 Å². The van der Waals surface area contributed by atoms with Crippen LogP contribution in [0, 0.1) is 6.92 Å². The summed E-state index contributed by atoms with van der Waals surface area (Å²) in [6.07, 6.45) is 1.10. The number of benzene rings is 2. The van der Waals surface area contributed by atoms with Crippen molar-refractivity contribution in [3.05, 3.63) is 59.7 Å². The molecule has 1 N–H and O–H groups in total. The van der Waals surface area contributed by atoms with Gasteiger partial charge in [-0.2, -0.15) is 0 Å². The quantitative estimate of drug-likeness (QED) is 0.805. The molecule has 0 aliphatic heterocycles. The normalized spacial score (nSPS) is 11.1. The van der Waals surface area contributed by atoms with Crippen LogP contribution in [0.1, 0.15) is 11.1 Å². The molecule has 0 saturated heterocycles. The van der Waals surface area contributed by atoms with E-state index in [0.29, 0.717) is 12.2 Å². The average Bonchev–Trinajstić information content (AvgIpc) is 2.57. The third kappa shape index (κ3) is 5.49. The van der Waals surface area contributed by atoms with Gasteiger partial charge in [-0.05, 0) is 36.8 Å². The fraction of sp³-hybridized carbons (Fsp3) is 0.316. The Hall–Kier alpha value is -2.54. The molecule has 0 spiro atoms. The van der Waals surface area contributed by atoms with Gasteiger partial charge in [0.2, 0.25) is 15.9 Å². The Morgan fingerprint density at radius 3 is 2.19 bits per heavy atom. The third-order valence-electron chi connectivity index (χ3n) is 3.91. The zero-order valence-corrected chi connectivity index (χ0v) is 16.4. The van der Waals surface area contributed by atoms with Crippen LogP contribution in [0.3, 0.4) is 0 Å². The number of rotatable bonds is 7. The van der Waals surface area contributed by atoms with Crippen LogP contribution in [-0.2, 0) is 21.4 Å². The van der Waals surface area contributed by atoms with Gasteiger partial charge < -0.3 is 10.2 Å². The average molecular weight is 375 g/mol. The Kier molecular flexibility index (Phi) is 6.26. The van der Waals surface area contributed by atoms with Gasteiger partial charge in [-0.25, -0.2) is 8.42 Å². The molecule has 0 aliphatic rings. The molecule has 0 radical (unpaired) electrons. The predicted octanol–water partition coefficient (Wildman–Crippen LogP) is 2.14. The van der Waals surface area contributed by atoms with Gasteiger partial charge in [-0.3, -0.25) is 9.10 Å². The summed E-state index contributed by atoms with van der Waals surface area (Å²) < 4.78 is 25.4. The highest BCUT2D eigenvalue weighted by atomic mass is 32.2. The first kappa shape index (κ1) is 19.8. The molecule has 1 amide bonds. The Labute approximate surface area is 155 Å². The van der Waals surface area contributed by atoms with E-state index in [1.54, 1.807) is 12.1 Å². The topological polar surface area (TPSA) is 69.7 Å². The molecule has 0 unspecified atom stereocenters. The molecule has 0 atom stereocenters. The van der Waals surface area contributed by atoms with Crippen molar-refractivity contribution in [1.29, 1.82) is 0 Å². The molecule has 0 aliphatic carbocycles. The van der Waals surface area contributed by atoms with Crippen LogP contribution in [0.4, 0.5) is 11.4 Å². The molecule has 0 heterocycles. The maximum absolute atomic E-state index is 12.3. The van der Waals surface area contributed by atoms with Crippen LogP contribution in [0.2, 0.25) is 0 Å². The first-order chi connectivity index (χ1) is 12.2. The Morgan fingerprint density at radius 1 is 1.04 bits per heavy atom. The SMILES string of the molecule is Cc1cccc(CNC(=O)CN(c2ccc(N(C)C)cc2)S(C)(=O)=O)c1. The van der Waals surface area contributed by atoms with Crippen LogP contribution >= 0.6 is 0 Å². The predicted molar refractivity (Wildman–Crippen MR) is 106 cm³/mol. The second-order valence-electron chi connectivity index (χ2n) is 6.45. The van der Waals surface area contributed by atoms with Crippen LogP contribution in [0.25, 0.3) is 0 Å². The highest BCUT2D eigenvalue weighted by Gasteiger charge is 2.20. The van der Waals surface area contributed by atoms with Crippen molar-refractivity contribution in [2.75, 3.05) is 36.1 Å². The molecule has 0 bridgehead atoms. The van der Waals surface area contributed by atoms with Crippen molar-refractivity contribution in [2.45, 2.75) is 13.5 Å². The van der Waals surface area contributed by atoms with Gasteiger partial charge in [-0.1, -0.05) is 29.8 Å². The largest absolute Gasteiger partial charge is 0.378 e. The summed E-state index contributed by atoms with van der Waals surface area (Å²) in [6, 6.07) is 14.8. The van der Waals surface area contributed by atoms with Crippen molar-refractivity contribution < 1.29 is 13.2 Å². The maximum atomic E-state index is 12.3. The summed E-state index contributed by atoms with van der Waals surface area (Å²) in [5.74, 6) is -0.353. The van der Waals surface area contributed by atoms with E-state index < -0.39 is 10.0 Å². The number of nitrogens with one attached hydrogen (secondary N) is 1. The number of carbonyl (C=O) groups excluding carboxylic acids is 1. The zero-order chi connectivity index (χ0) is 19.3. The fourth-order valence-electron chi connectivity index (χ4n) is 2.53. The highest BCUT2D eigenvalue weighted by molar-refractivity contribution is 7.92. The number of nitrogens with zero attached hydrogens (tertiary/aromatic N) is 2. The number of amides is 1. The van der Waals surface area contributed by atoms with E-state index in [-0.39, 0.29) is 12.5 Å². The lowest BCUT2D eigenvalue weighted by Crippen LogP contribution is -2.40. The van der Waals surface area contributed by atoms with Gasteiger partial charge in [0.1, 0.15) is 6.54 Å². The van der Waals surface area contributed by atoms with Gasteiger partial charge in [0.15, 0.2) is 0 Å². The second kappa shape index (κ2) is 8.23. The molecule has 0 aromatic heterocycles. The molecule has 140 valence electrons. The lowest BCUT2D eigenvalue weighted by molar-refractivity contribution is -0.119. The van der Waals surface area contributed by atoms with Crippen LogP contribution in [0.15, 0.2) is 48.5 Å². The fourth-order valence-corrected chi connectivity index (χ4v) is 3.38. The van der Waals surface area contributed by atoms with Crippen molar-refractivity contribution in [2.24, 2.45) is 0 Å². The second-order valence-corrected chi connectivity index (χ2v) is 8.35. The Morgan fingerprint density at radius 2 is 1.65 bits per heavy atom. The maximum Gasteiger partial charge on any atom is 0.241 e.